The maximum absolute atomic E-state index is 6.23. The molecule has 4 aromatic carbocycles. The number of hydrogen-bond acceptors (Lipinski definition) is 3. The van der Waals surface area contributed by atoms with Gasteiger partial charge in [-0.25, -0.2) is 9.97 Å². The summed E-state index contributed by atoms with van der Waals surface area (Å²) >= 11 is 0. The minimum atomic E-state index is 0.648. The molecule has 0 amide bonds. The fourth-order valence-corrected chi connectivity index (χ4v) is 5.91. The van der Waals surface area contributed by atoms with Crippen molar-refractivity contribution in [3.63, 3.8) is 0 Å². The molecule has 4 heterocycles. The maximum Gasteiger partial charge on any atom is 0.235 e. The van der Waals surface area contributed by atoms with E-state index < -0.39 is 0 Å². The fraction of sp³-hybridized carbons (Fsp3) is 0.0588. The Morgan fingerprint density at radius 3 is 2.51 bits per heavy atom. The van der Waals surface area contributed by atoms with E-state index in [2.05, 4.69) is 89.0 Å². The lowest BCUT2D eigenvalue weighted by Crippen LogP contribution is -2.06. The predicted octanol–water partition coefficient (Wildman–Crippen LogP) is 8.89. The first kappa shape index (κ1) is 21.9. The molecule has 0 spiro atoms. The van der Waals surface area contributed by atoms with E-state index >= 15 is 0 Å². The van der Waals surface area contributed by atoms with Gasteiger partial charge in [0.1, 0.15) is 11.5 Å². The average molecular weight is 505 g/mol. The van der Waals surface area contributed by atoms with Crippen LogP contribution in [-0.2, 0) is 0 Å². The molecule has 0 bridgehead atoms. The summed E-state index contributed by atoms with van der Waals surface area (Å²) in [6.45, 7) is 4.12. The number of hydrogen-bond donors (Lipinski definition) is 0. The number of rotatable bonds is 3. The standard InChI is InChI=1S/C34H24N4O/c1-3-10-22(4-2)37-18-17-21-19-25-23-11-5-7-14-27(23)38(29(25)20-28(21)37)34-35-26-13-9-16-31-32(26)33(36-34)24-12-6-8-15-30(24)39-31/h3-20H,1-2H3/b10-3-,22-4+. The molecule has 1 aliphatic rings. The zero-order valence-electron chi connectivity index (χ0n) is 21.6. The van der Waals surface area contributed by atoms with Crippen LogP contribution in [0.4, 0.5) is 0 Å². The highest BCUT2D eigenvalue weighted by Crippen LogP contribution is 2.45. The highest BCUT2D eigenvalue weighted by atomic mass is 16.5. The van der Waals surface area contributed by atoms with Gasteiger partial charge in [0.05, 0.1) is 33.1 Å². The van der Waals surface area contributed by atoms with Gasteiger partial charge >= 0.3 is 0 Å². The van der Waals surface area contributed by atoms with E-state index in [1.807, 2.05) is 43.3 Å². The third kappa shape index (κ3) is 3.07. The van der Waals surface area contributed by atoms with Crippen LogP contribution < -0.4 is 4.74 Å². The summed E-state index contributed by atoms with van der Waals surface area (Å²) in [5.41, 5.74) is 7.16. The molecule has 0 atom stereocenters. The molecule has 0 N–H and O–H groups in total. The Bertz CT molecular complexity index is 2180. The van der Waals surface area contributed by atoms with Crippen molar-refractivity contribution in [2.45, 2.75) is 13.8 Å². The van der Waals surface area contributed by atoms with Gasteiger partial charge in [0.15, 0.2) is 0 Å². The molecular formula is C34H24N4O. The van der Waals surface area contributed by atoms with Gasteiger partial charge in [-0.05, 0) is 68.5 Å². The van der Waals surface area contributed by atoms with Crippen LogP contribution in [0.5, 0.6) is 11.5 Å². The molecule has 0 radical (unpaired) electrons. The van der Waals surface area contributed by atoms with Crippen molar-refractivity contribution >= 4 is 49.3 Å². The highest BCUT2D eigenvalue weighted by molar-refractivity contribution is 6.13. The van der Waals surface area contributed by atoms with E-state index in [0.29, 0.717) is 5.95 Å². The van der Waals surface area contributed by atoms with Gasteiger partial charge in [0.25, 0.3) is 0 Å². The molecule has 8 rings (SSSR count). The lowest BCUT2D eigenvalue weighted by Gasteiger charge is -2.21. The van der Waals surface area contributed by atoms with E-state index in [-0.39, 0.29) is 0 Å². The normalized spacial score (nSPS) is 13.1. The van der Waals surface area contributed by atoms with Crippen LogP contribution in [0.15, 0.2) is 109 Å². The van der Waals surface area contributed by atoms with Crippen molar-refractivity contribution in [3.8, 4) is 28.7 Å². The van der Waals surface area contributed by atoms with Gasteiger partial charge < -0.3 is 9.30 Å². The number of ether oxygens (including phenoxy) is 1. The highest BCUT2D eigenvalue weighted by Gasteiger charge is 2.24. The second-order valence-corrected chi connectivity index (χ2v) is 9.80. The molecule has 5 nitrogen and oxygen atoms in total. The van der Waals surface area contributed by atoms with E-state index in [0.717, 1.165) is 55.9 Å². The quantitative estimate of drug-likeness (QED) is 0.226. The number of aromatic nitrogens is 4. The van der Waals surface area contributed by atoms with Gasteiger partial charge in [-0.3, -0.25) is 4.57 Å². The summed E-state index contributed by atoms with van der Waals surface area (Å²) < 4.78 is 10.7. The molecule has 186 valence electrons. The van der Waals surface area contributed by atoms with Crippen LogP contribution >= 0.6 is 0 Å². The smallest absolute Gasteiger partial charge is 0.235 e. The van der Waals surface area contributed by atoms with Gasteiger partial charge in [-0.15, -0.1) is 0 Å². The topological polar surface area (TPSA) is 44.9 Å². The average Bonchev–Trinajstić information content (AvgIpc) is 3.53. The Morgan fingerprint density at radius 1 is 0.769 bits per heavy atom. The summed E-state index contributed by atoms with van der Waals surface area (Å²) in [7, 11) is 0. The Morgan fingerprint density at radius 2 is 1.62 bits per heavy atom. The third-order valence-corrected chi connectivity index (χ3v) is 7.63. The first-order valence-corrected chi connectivity index (χ1v) is 13.2. The van der Waals surface area contributed by atoms with E-state index in [1.165, 1.54) is 16.2 Å². The molecule has 3 aromatic heterocycles. The Kier molecular flexibility index (Phi) is 4.58. The second kappa shape index (κ2) is 8.17. The number of benzene rings is 4. The SMILES string of the molecule is C/C=C\C(=C/C)n1ccc2cc3c4ccccc4n(-c4nc5c6c(cccc6n4)Oc4ccccc4-5)c3cc21. The zero-order chi connectivity index (χ0) is 26.1. The third-order valence-electron chi connectivity index (χ3n) is 7.63. The largest absolute Gasteiger partial charge is 0.456 e. The summed E-state index contributed by atoms with van der Waals surface area (Å²) in [6.07, 6.45) is 8.47. The van der Waals surface area contributed by atoms with Crippen LogP contribution in [0.2, 0.25) is 0 Å². The monoisotopic (exact) mass is 504 g/mol. The lowest BCUT2D eigenvalue weighted by atomic mass is 10.0. The molecule has 0 aliphatic carbocycles. The van der Waals surface area contributed by atoms with Crippen LogP contribution in [-0.4, -0.2) is 19.1 Å². The molecule has 0 unspecified atom stereocenters. The Labute approximate surface area is 224 Å². The number of fused-ring (bicyclic) bond motifs is 6. The van der Waals surface area contributed by atoms with Crippen molar-refractivity contribution in [1.29, 1.82) is 0 Å². The summed E-state index contributed by atoms with van der Waals surface area (Å²) in [4.78, 5) is 10.3. The van der Waals surface area contributed by atoms with Gasteiger partial charge in [0.2, 0.25) is 5.95 Å². The molecule has 0 saturated carbocycles. The van der Waals surface area contributed by atoms with Crippen LogP contribution in [0.3, 0.4) is 0 Å². The molecule has 1 aliphatic heterocycles. The van der Waals surface area contributed by atoms with Crippen molar-refractivity contribution in [3.05, 3.63) is 109 Å². The summed E-state index contributed by atoms with van der Waals surface area (Å²) in [5.74, 6) is 2.25. The van der Waals surface area contributed by atoms with Gasteiger partial charge in [0, 0.05) is 33.6 Å². The molecule has 39 heavy (non-hydrogen) atoms. The van der Waals surface area contributed by atoms with Crippen LogP contribution in [0, 0.1) is 0 Å². The minimum absolute atomic E-state index is 0.648. The minimum Gasteiger partial charge on any atom is -0.456 e. The summed E-state index contributed by atoms with van der Waals surface area (Å²) in [5, 5.41) is 4.50. The van der Waals surface area contributed by atoms with E-state index in [4.69, 9.17) is 14.7 Å². The zero-order valence-corrected chi connectivity index (χ0v) is 21.6. The van der Waals surface area contributed by atoms with Crippen molar-refractivity contribution in [1.82, 2.24) is 19.1 Å². The van der Waals surface area contributed by atoms with Gasteiger partial charge in [-0.1, -0.05) is 48.6 Å². The van der Waals surface area contributed by atoms with Crippen molar-refractivity contribution in [2.24, 2.45) is 0 Å². The van der Waals surface area contributed by atoms with Crippen LogP contribution in [0.1, 0.15) is 13.8 Å². The van der Waals surface area contributed by atoms with E-state index in [9.17, 15) is 0 Å². The predicted molar refractivity (Wildman–Crippen MR) is 160 cm³/mol. The van der Waals surface area contributed by atoms with Crippen molar-refractivity contribution < 1.29 is 4.74 Å². The first-order chi connectivity index (χ1) is 19.2. The Hall–Kier alpha value is -5.16. The number of para-hydroxylation sites is 2. The molecule has 5 heteroatoms. The number of allylic oxidation sites excluding steroid dienone is 4. The first-order valence-electron chi connectivity index (χ1n) is 13.2. The number of nitrogens with zero attached hydrogens (tertiary/aromatic N) is 4. The summed E-state index contributed by atoms with van der Waals surface area (Å²) in [6, 6.07) is 29.3. The van der Waals surface area contributed by atoms with Crippen LogP contribution in [0.25, 0.3) is 66.5 Å². The maximum atomic E-state index is 6.23. The van der Waals surface area contributed by atoms with Crippen molar-refractivity contribution in [2.75, 3.05) is 0 Å². The molecular weight excluding hydrogens is 480 g/mol. The van der Waals surface area contributed by atoms with E-state index in [1.54, 1.807) is 0 Å². The second-order valence-electron chi connectivity index (χ2n) is 9.80. The molecule has 0 saturated heterocycles. The fourth-order valence-electron chi connectivity index (χ4n) is 5.91. The molecule has 0 fully saturated rings. The lowest BCUT2D eigenvalue weighted by molar-refractivity contribution is 0.486. The molecule has 7 aromatic rings. The van der Waals surface area contributed by atoms with Gasteiger partial charge in [-0.2, -0.15) is 0 Å². The Balaban J connectivity index is 1.49.